The summed E-state index contributed by atoms with van der Waals surface area (Å²) < 4.78 is 7.26. The van der Waals surface area contributed by atoms with Crippen LogP contribution >= 0.6 is 22.9 Å². The molecule has 14 heavy (non-hydrogen) atoms. The summed E-state index contributed by atoms with van der Waals surface area (Å²) in [4.78, 5) is 0. The van der Waals surface area contributed by atoms with E-state index in [0.717, 1.165) is 21.2 Å². The molecule has 0 unspecified atom stereocenters. The largest absolute Gasteiger partial charge is 0.495 e. The van der Waals surface area contributed by atoms with Crippen LogP contribution in [0.3, 0.4) is 0 Å². The Balaban J connectivity index is 2.77. The normalized spacial score (nSPS) is 10.8. The van der Waals surface area contributed by atoms with Crippen LogP contribution in [0.2, 0.25) is 4.34 Å². The predicted molar refractivity (Wildman–Crippen MR) is 62.8 cm³/mol. The van der Waals surface area contributed by atoms with E-state index in [0.29, 0.717) is 0 Å². The third-order valence-electron chi connectivity index (χ3n) is 2.31. The number of methoxy groups -OCH3 is 1. The Morgan fingerprint density at radius 2 is 2.21 bits per heavy atom. The molecule has 0 aliphatic heterocycles. The van der Waals surface area contributed by atoms with Crippen molar-refractivity contribution in [2.24, 2.45) is 0 Å². The molecule has 1 heterocycles. The van der Waals surface area contributed by atoms with Gasteiger partial charge < -0.3 is 4.74 Å². The number of fused-ring (bicyclic) bond motifs is 1. The number of halogens is 1. The van der Waals surface area contributed by atoms with Crippen LogP contribution in [0.1, 0.15) is 12.5 Å². The van der Waals surface area contributed by atoms with E-state index < -0.39 is 0 Å². The lowest BCUT2D eigenvalue weighted by Gasteiger charge is -2.04. The van der Waals surface area contributed by atoms with Crippen molar-refractivity contribution in [2.75, 3.05) is 7.11 Å². The first-order valence-electron chi connectivity index (χ1n) is 4.51. The number of ether oxygens (including phenoxy) is 1. The van der Waals surface area contributed by atoms with Crippen LogP contribution in [-0.4, -0.2) is 7.11 Å². The van der Waals surface area contributed by atoms with Gasteiger partial charge in [0, 0.05) is 5.39 Å². The number of rotatable bonds is 2. The van der Waals surface area contributed by atoms with E-state index in [1.54, 1.807) is 18.4 Å². The molecule has 0 saturated carbocycles. The highest BCUT2D eigenvalue weighted by Crippen LogP contribution is 2.38. The van der Waals surface area contributed by atoms with Gasteiger partial charge in [0.1, 0.15) is 5.75 Å². The van der Waals surface area contributed by atoms with Gasteiger partial charge in [0.25, 0.3) is 0 Å². The first-order valence-corrected chi connectivity index (χ1v) is 5.70. The lowest BCUT2D eigenvalue weighted by molar-refractivity contribution is 0.420. The van der Waals surface area contributed by atoms with Crippen LogP contribution in [0.4, 0.5) is 0 Å². The van der Waals surface area contributed by atoms with Crippen LogP contribution in [0, 0.1) is 0 Å². The van der Waals surface area contributed by atoms with Gasteiger partial charge >= 0.3 is 0 Å². The van der Waals surface area contributed by atoms with Gasteiger partial charge in [-0.05, 0) is 24.1 Å². The lowest BCUT2D eigenvalue weighted by atomic mass is 10.1. The molecule has 3 heteroatoms. The molecule has 0 amide bonds. The Hall–Kier alpha value is -0.730. The first-order chi connectivity index (χ1) is 6.76. The van der Waals surface area contributed by atoms with Crippen molar-refractivity contribution in [3.8, 4) is 5.75 Å². The molecule has 2 rings (SSSR count). The van der Waals surface area contributed by atoms with Gasteiger partial charge in [-0.2, -0.15) is 0 Å². The van der Waals surface area contributed by atoms with E-state index in [-0.39, 0.29) is 0 Å². The van der Waals surface area contributed by atoms with E-state index >= 15 is 0 Å². The Labute approximate surface area is 92.3 Å². The van der Waals surface area contributed by atoms with Crippen molar-refractivity contribution in [1.29, 1.82) is 0 Å². The third-order valence-corrected chi connectivity index (χ3v) is 3.59. The summed E-state index contributed by atoms with van der Waals surface area (Å²) in [5.74, 6) is 0.911. The smallest absolute Gasteiger partial charge is 0.136 e. The Bertz CT molecular complexity index is 421. The number of aryl methyl sites for hydroxylation is 1. The number of hydrogen-bond donors (Lipinski definition) is 0. The fourth-order valence-corrected chi connectivity index (χ4v) is 2.86. The van der Waals surface area contributed by atoms with Crippen molar-refractivity contribution in [3.63, 3.8) is 0 Å². The minimum atomic E-state index is 0.819. The Morgan fingerprint density at radius 1 is 1.43 bits per heavy atom. The third kappa shape index (κ3) is 1.49. The monoisotopic (exact) mass is 226 g/mol. The molecular formula is C11H11ClOS. The van der Waals surface area contributed by atoms with Gasteiger partial charge in [-0.3, -0.25) is 0 Å². The quantitative estimate of drug-likeness (QED) is 0.749. The Kier molecular flexibility index (Phi) is 2.66. The fraction of sp³-hybridized carbons (Fsp3) is 0.273. The van der Waals surface area contributed by atoms with Crippen molar-refractivity contribution >= 4 is 33.0 Å². The van der Waals surface area contributed by atoms with E-state index in [9.17, 15) is 0 Å². The van der Waals surface area contributed by atoms with E-state index in [1.807, 2.05) is 12.1 Å². The molecule has 1 nitrogen and oxygen atoms in total. The molecule has 0 aliphatic carbocycles. The standard InChI is InChI=1S/C11H11ClOS/c1-3-7-4-5-9(13-2)11-8(7)6-10(12)14-11/h4-6H,3H2,1-2H3. The van der Waals surface area contributed by atoms with Crippen molar-refractivity contribution in [2.45, 2.75) is 13.3 Å². The van der Waals surface area contributed by atoms with Crippen LogP contribution in [0.5, 0.6) is 5.75 Å². The van der Waals surface area contributed by atoms with Crippen LogP contribution in [0.25, 0.3) is 10.1 Å². The van der Waals surface area contributed by atoms with Crippen molar-refractivity contribution < 1.29 is 4.74 Å². The summed E-state index contributed by atoms with van der Waals surface area (Å²) in [7, 11) is 1.69. The van der Waals surface area contributed by atoms with Crippen molar-refractivity contribution in [1.82, 2.24) is 0 Å². The second-order valence-electron chi connectivity index (χ2n) is 3.07. The minimum absolute atomic E-state index is 0.819. The maximum absolute atomic E-state index is 6.00. The van der Waals surface area contributed by atoms with Crippen molar-refractivity contribution in [3.05, 3.63) is 28.1 Å². The molecule has 2 aromatic rings. The molecule has 74 valence electrons. The second kappa shape index (κ2) is 3.79. The van der Waals surface area contributed by atoms with Crippen LogP contribution < -0.4 is 4.74 Å². The number of hydrogen-bond acceptors (Lipinski definition) is 2. The average molecular weight is 227 g/mol. The summed E-state index contributed by atoms with van der Waals surface area (Å²) in [6.07, 6.45) is 1.02. The molecule has 0 fully saturated rings. The number of thiophene rings is 1. The molecule has 0 bridgehead atoms. The highest BCUT2D eigenvalue weighted by molar-refractivity contribution is 7.23. The highest BCUT2D eigenvalue weighted by Gasteiger charge is 2.08. The first kappa shape index (κ1) is 9.81. The molecule has 1 aromatic heterocycles. The van der Waals surface area contributed by atoms with Gasteiger partial charge in [-0.25, -0.2) is 0 Å². The summed E-state index contributed by atoms with van der Waals surface area (Å²) in [6, 6.07) is 6.13. The molecule has 1 aromatic carbocycles. The molecule has 0 saturated heterocycles. The van der Waals surface area contributed by atoms with Crippen LogP contribution in [-0.2, 0) is 6.42 Å². The highest BCUT2D eigenvalue weighted by atomic mass is 35.5. The van der Waals surface area contributed by atoms with E-state index in [2.05, 4.69) is 13.0 Å². The molecule has 0 radical (unpaired) electrons. The topological polar surface area (TPSA) is 9.23 Å². The summed E-state index contributed by atoms with van der Waals surface area (Å²) >= 11 is 7.58. The summed E-state index contributed by atoms with van der Waals surface area (Å²) in [5, 5.41) is 1.22. The lowest BCUT2D eigenvalue weighted by Crippen LogP contribution is -1.85. The van der Waals surface area contributed by atoms with Gasteiger partial charge in [0.2, 0.25) is 0 Å². The van der Waals surface area contributed by atoms with E-state index in [4.69, 9.17) is 16.3 Å². The zero-order valence-electron chi connectivity index (χ0n) is 8.13. The summed E-state index contributed by atoms with van der Waals surface area (Å²) in [6.45, 7) is 2.15. The van der Waals surface area contributed by atoms with Gasteiger partial charge in [0.15, 0.2) is 0 Å². The predicted octanol–water partition coefficient (Wildman–Crippen LogP) is 4.13. The van der Waals surface area contributed by atoms with Gasteiger partial charge in [-0.15, -0.1) is 11.3 Å². The maximum Gasteiger partial charge on any atom is 0.136 e. The molecule has 0 aliphatic rings. The zero-order valence-corrected chi connectivity index (χ0v) is 9.71. The van der Waals surface area contributed by atoms with Crippen LogP contribution in [0.15, 0.2) is 18.2 Å². The average Bonchev–Trinajstić information content (AvgIpc) is 2.57. The second-order valence-corrected chi connectivity index (χ2v) is 4.76. The Morgan fingerprint density at radius 3 is 2.86 bits per heavy atom. The number of benzene rings is 1. The molecule has 0 N–H and O–H groups in total. The van der Waals surface area contributed by atoms with E-state index in [1.165, 1.54) is 10.9 Å². The SMILES string of the molecule is CCc1ccc(OC)c2sc(Cl)cc12. The maximum atomic E-state index is 6.00. The zero-order chi connectivity index (χ0) is 10.1. The summed E-state index contributed by atoms with van der Waals surface area (Å²) in [5.41, 5.74) is 1.32. The van der Waals surface area contributed by atoms with Gasteiger partial charge in [0.05, 0.1) is 16.1 Å². The molecular weight excluding hydrogens is 216 g/mol. The minimum Gasteiger partial charge on any atom is -0.495 e. The molecule has 0 atom stereocenters. The molecule has 0 spiro atoms. The van der Waals surface area contributed by atoms with Gasteiger partial charge in [-0.1, -0.05) is 24.6 Å². The fourth-order valence-electron chi connectivity index (χ4n) is 1.59.